The van der Waals surface area contributed by atoms with Crippen molar-refractivity contribution in [2.45, 2.75) is 6.54 Å². The summed E-state index contributed by atoms with van der Waals surface area (Å²) >= 11 is 5.80. The van der Waals surface area contributed by atoms with E-state index in [9.17, 15) is 0 Å². The first-order valence-electron chi connectivity index (χ1n) is 5.93. The van der Waals surface area contributed by atoms with E-state index < -0.39 is 0 Å². The van der Waals surface area contributed by atoms with Crippen molar-refractivity contribution < 1.29 is 4.74 Å². The molecule has 0 spiro atoms. The van der Waals surface area contributed by atoms with Crippen molar-refractivity contribution in [1.29, 1.82) is 0 Å². The highest BCUT2D eigenvalue weighted by Gasteiger charge is 2.04. The predicted molar refractivity (Wildman–Crippen MR) is 73.9 cm³/mol. The van der Waals surface area contributed by atoms with Crippen LogP contribution in [0.3, 0.4) is 0 Å². The maximum atomic E-state index is 5.80. The SMILES string of the molecule is COCCNCc1ccnc(-c2ccc(Cl)cn2)n1. The molecule has 6 heteroatoms. The zero-order valence-electron chi connectivity index (χ0n) is 10.6. The van der Waals surface area contributed by atoms with Gasteiger partial charge in [-0.25, -0.2) is 9.97 Å². The summed E-state index contributed by atoms with van der Waals surface area (Å²) in [5, 5.41) is 3.83. The van der Waals surface area contributed by atoms with Gasteiger partial charge in [0.2, 0.25) is 0 Å². The first-order valence-corrected chi connectivity index (χ1v) is 6.31. The average Bonchev–Trinajstić information content (AvgIpc) is 2.45. The van der Waals surface area contributed by atoms with Gasteiger partial charge in [-0.1, -0.05) is 11.6 Å². The highest BCUT2D eigenvalue weighted by atomic mass is 35.5. The summed E-state index contributed by atoms with van der Waals surface area (Å²) in [5.74, 6) is 0.600. The van der Waals surface area contributed by atoms with Gasteiger partial charge in [0.25, 0.3) is 0 Å². The second-order valence-electron chi connectivity index (χ2n) is 3.90. The number of methoxy groups -OCH3 is 1. The number of hydrogen-bond donors (Lipinski definition) is 1. The molecule has 0 atom stereocenters. The lowest BCUT2D eigenvalue weighted by Gasteiger charge is -2.05. The van der Waals surface area contributed by atoms with E-state index in [2.05, 4.69) is 20.3 Å². The summed E-state index contributed by atoms with van der Waals surface area (Å²) in [6, 6.07) is 5.45. The average molecular weight is 279 g/mol. The fourth-order valence-electron chi connectivity index (χ4n) is 1.52. The number of ether oxygens (including phenoxy) is 1. The maximum Gasteiger partial charge on any atom is 0.178 e. The molecule has 2 aromatic rings. The molecule has 2 heterocycles. The van der Waals surface area contributed by atoms with Crippen molar-refractivity contribution in [1.82, 2.24) is 20.3 Å². The number of hydrogen-bond acceptors (Lipinski definition) is 5. The molecule has 0 aromatic carbocycles. The molecule has 0 aliphatic carbocycles. The molecule has 19 heavy (non-hydrogen) atoms. The third kappa shape index (κ3) is 4.24. The summed E-state index contributed by atoms with van der Waals surface area (Å²) < 4.78 is 4.97. The Morgan fingerprint density at radius 1 is 1.26 bits per heavy atom. The van der Waals surface area contributed by atoms with Crippen molar-refractivity contribution in [3.05, 3.63) is 41.3 Å². The van der Waals surface area contributed by atoms with Crippen molar-refractivity contribution in [3.8, 4) is 11.5 Å². The molecule has 0 unspecified atom stereocenters. The van der Waals surface area contributed by atoms with Crippen LogP contribution >= 0.6 is 11.6 Å². The monoisotopic (exact) mass is 278 g/mol. The Bertz CT molecular complexity index is 518. The smallest absolute Gasteiger partial charge is 0.178 e. The minimum Gasteiger partial charge on any atom is -0.383 e. The van der Waals surface area contributed by atoms with Gasteiger partial charge in [-0.3, -0.25) is 4.98 Å². The van der Waals surface area contributed by atoms with Gasteiger partial charge in [-0.05, 0) is 18.2 Å². The second-order valence-corrected chi connectivity index (χ2v) is 4.34. The molecule has 2 rings (SSSR count). The molecule has 0 fully saturated rings. The first-order chi connectivity index (χ1) is 9.29. The van der Waals surface area contributed by atoms with E-state index in [-0.39, 0.29) is 0 Å². The topological polar surface area (TPSA) is 59.9 Å². The Kier molecular flexibility index (Phi) is 5.20. The van der Waals surface area contributed by atoms with Crippen LogP contribution < -0.4 is 5.32 Å². The van der Waals surface area contributed by atoms with Gasteiger partial charge in [-0.2, -0.15) is 0 Å². The van der Waals surface area contributed by atoms with Gasteiger partial charge < -0.3 is 10.1 Å². The van der Waals surface area contributed by atoms with Crippen LogP contribution in [0, 0.1) is 0 Å². The van der Waals surface area contributed by atoms with Crippen LogP contribution in [0.2, 0.25) is 5.02 Å². The molecular formula is C13H15ClN4O. The normalized spacial score (nSPS) is 10.6. The number of halogens is 1. The fraction of sp³-hybridized carbons (Fsp3) is 0.308. The lowest BCUT2D eigenvalue weighted by molar-refractivity contribution is 0.199. The third-order valence-electron chi connectivity index (χ3n) is 2.46. The van der Waals surface area contributed by atoms with Gasteiger partial charge in [-0.15, -0.1) is 0 Å². The van der Waals surface area contributed by atoms with E-state index in [4.69, 9.17) is 16.3 Å². The Morgan fingerprint density at radius 3 is 2.89 bits per heavy atom. The molecule has 0 amide bonds. The summed E-state index contributed by atoms with van der Waals surface area (Å²) in [5.41, 5.74) is 1.63. The van der Waals surface area contributed by atoms with Crippen molar-refractivity contribution in [3.63, 3.8) is 0 Å². The Labute approximate surface area is 117 Å². The lowest BCUT2D eigenvalue weighted by Crippen LogP contribution is -2.19. The van der Waals surface area contributed by atoms with Gasteiger partial charge >= 0.3 is 0 Å². The molecule has 100 valence electrons. The van der Waals surface area contributed by atoms with Crippen molar-refractivity contribution >= 4 is 11.6 Å². The summed E-state index contributed by atoms with van der Waals surface area (Å²) in [6.45, 7) is 2.14. The molecule has 5 nitrogen and oxygen atoms in total. The highest BCUT2D eigenvalue weighted by molar-refractivity contribution is 6.30. The molecule has 0 radical (unpaired) electrons. The van der Waals surface area contributed by atoms with Crippen molar-refractivity contribution in [2.75, 3.05) is 20.3 Å². The summed E-state index contributed by atoms with van der Waals surface area (Å²) in [4.78, 5) is 12.9. The zero-order valence-corrected chi connectivity index (χ0v) is 11.4. The van der Waals surface area contributed by atoms with Crippen LogP contribution in [0.1, 0.15) is 5.69 Å². The molecule has 0 saturated carbocycles. The molecule has 1 N–H and O–H groups in total. The van der Waals surface area contributed by atoms with Gasteiger partial charge in [0.1, 0.15) is 5.69 Å². The third-order valence-corrected chi connectivity index (χ3v) is 2.68. The van der Waals surface area contributed by atoms with Gasteiger partial charge in [0.15, 0.2) is 5.82 Å². The molecule has 0 saturated heterocycles. The van der Waals surface area contributed by atoms with Crippen LogP contribution in [0.25, 0.3) is 11.5 Å². The van der Waals surface area contributed by atoms with Crippen LogP contribution in [-0.2, 0) is 11.3 Å². The molecular weight excluding hydrogens is 264 g/mol. The highest BCUT2D eigenvalue weighted by Crippen LogP contribution is 2.14. The molecule has 2 aromatic heterocycles. The van der Waals surface area contributed by atoms with E-state index in [0.29, 0.717) is 29.7 Å². The fourth-order valence-corrected chi connectivity index (χ4v) is 1.63. The van der Waals surface area contributed by atoms with Crippen LogP contribution in [0.4, 0.5) is 0 Å². The quantitative estimate of drug-likeness (QED) is 0.818. The summed E-state index contributed by atoms with van der Waals surface area (Å²) in [6.07, 6.45) is 3.32. The van der Waals surface area contributed by atoms with Gasteiger partial charge in [0, 0.05) is 32.6 Å². The van der Waals surface area contributed by atoms with Crippen LogP contribution in [-0.4, -0.2) is 35.2 Å². The van der Waals surface area contributed by atoms with E-state index in [1.165, 1.54) is 0 Å². The molecule has 0 aliphatic heterocycles. The number of nitrogens with one attached hydrogen (secondary N) is 1. The number of rotatable bonds is 6. The largest absolute Gasteiger partial charge is 0.383 e. The van der Waals surface area contributed by atoms with Crippen molar-refractivity contribution in [2.24, 2.45) is 0 Å². The zero-order chi connectivity index (χ0) is 13.5. The minimum atomic E-state index is 0.598. The predicted octanol–water partition coefficient (Wildman–Crippen LogP) is 1.93. The number of nitrogens with zero attached hydrogens (tertiary/aromatic N) is 3. The van der Waals surface area contributed by atoms with E-state index in [1.807, 2.05) is 6.07 Å². The summed E-state index contributed by atoms with van der Waals surface area (Å²) in [7, 11) is 1.68. The van der Waals surface area contributed by atoms with E-state index >= 15 is 0 Å². The number of aromatic nitrogens is 3. The standard InChI is InChI=1S/C13H15ClN4O/c1-19-7-6-15-9-11-4-5-16-13(18-11)12-3-2-10(14)8-17-12/h2-5,8,15H,6-7,9H2,1H3. The Morgan fingerprint density at radius 2 is 2.16 bits per heavy atom. The second kappa shape index (κ2) is 7.13. The van der Waals surface area contributed by atoms with E-state index in [1.54, 1.807) is 31.6 Å². The Balaban J connectivity index is 2.04. The van der Waals surface area contributed by atoms with Crippen LogP contribution in [0.15, 0.2) is 30.6 Å². The number of pyridine rings is 1. The maximum absolute atomic E-state index is 5.80. The Hall–Kier alpha value is -1.56. The first kappa shape index (κ1) is 13.9. The van der Waals surface area contributed by atoms with Gasteiger partial charge in [0.05, 0.1) is 17.3 Å². The van der Waals surface area contributed by atoms with E-state index in [0.717, 1.165) is 12.2 Å². The minimum absolute atomic E-state index is 0.598. The molecule has 0 bridgehead atoms. The molecule has 0 aliphatic rings. The van der Waals surface area contributed by atoms with Crippen LogP contribution in [0.5, 0.6) is 0 Å². The lowest BCUT2D eigenvalue weighted by atomic mass is 10.3.